The highest BCUT2D eigenvalue weighted by Crippen LogP contribution is 2.47. The minimum absolute atomic E-state index is 0.0144. The molecule has 0 aliphatic heterocycles. The van der Waals surface area contributed by atoms with E-state index in [0.29, 0.717) is 11.8 Å². The summed E-state index contributed by atoms with van der Waals surface area (Å²) < 4.78 is 0. The molecule has 2 bridgehead atoms. The molecule has 0 saturated heterocycles. The molecule has 3 aliphatic rings. The number of hydrogen-bond acceptors (Lipinski definition) is 1. The van der Waals surface area contributed by atoms with Gasteiger partial charge in [-0.3, -0.25) is 0 Å². The molecule has 0 heterocycles. The lowest BCUT2D eigenvalue weighted by molar-refractivity contribution is 0.0195. The second-order valence-corrected chi connectivity index (χ2v) is 5.33. The maximum atomic E-state index is 10.2. The highest BCUT2D eigenvalue weighted by Gasteiger charge is 2.39. The first-order valence-corrected chi connectivity index (χ1v) is 6.25. The van der Waals surface area contributed by atoms with Gasteiger partial charge in [0.25, 0.3) is 0 Å². The lowest BCUT2D eigenvalue weighted by Crippen LogP contribution is -2.39. The molecule has 3 aliphatic carbocycles. The van der Waals surface area contributed by atoms with Gasteiger partial charge in [-0.05, 0) is 50.9 Å². The van der Waals surface area contributed by atoms with E-state index < -0.39 is 0 Å². The van der Waals surface area contributed by atoms with E-state index >= 15 is 0 Å². The van der Waals surface area contributed by atoms with Gasteiger partial charge in [0.1, 0.15) is 0 Å². The van der Waals surface area contributed by atoms with Crippen LogP contribution < -0.4 is 0 Å². The van der Waals surface area contributed by atoms with Gasteiger partial charge in [-0.15, -0.1) is 0 Å². The van der Waals surface area contributed by atoms with E-state index in [4.69, 9.17) is 0 Å². The van der Waals surface area contributed by atoms with Crippen molar-refractivity contribution < 1.29 is 5.11 Å². The van der Waals surface area contributed by atoms with Gasteiger partial charge in [0, 0.05) is 5.92 Å². The normalized spacial score (nSPS) is 42.2. The van der Waals surface area contributed by atoms with Crippen molar-refractivity contribution in [2.45, 2.75) is 57.5 Å². The Labute approximate surface area is 86.2 Å². The minimum Gasteiger partial charge on any atom is -0.392 e. The number of allylic oxidation sites excluding steroid dienone is 1. The molecule has 0 unspecified atom stereocenters. The smallest absolute Gasteiger partial charge is 0.0636 e. The Morgan fingerprint density at radius 1 is 1.00 bits per heavy atom. The Bertz CT molecular complexity index is 266. The SMILES string of the molecule is O[C@H]1[C@H]2CCC[C@H]1C1=C(CCCC1)C2. The maximum Gasteiger partial charge on any atom is 0.0636 e. The maximum absolute atomic E-state index is 10.2. The molecule has 78 valence electrons. The zero-order valence-corrected chi connectivity index (χ0v) is 8.84. The first-order valence-electron chi connectivity index (χ1n) is 6.25. The second-order valence-electron chi connectivity index (χ2n) is 5.33. The topological polar surface area (TPSA) is 20.2 Å². The van der Waals surface area contributed by atoms with E-state index in [2.05, 4.69) is 0 Å². The van der Waals surface area contributed by atoms with Crippen molar-refractivity contribution in [1.29, 1.82) is 0 Å². The van der Waals surface area contributed by atoms with Crippen LogP contribution in [0.1, 0.15) is 51.4 Å². The van der Waals surface area contributed by atoms with Gasteiger partial charge < -0.3 is 5.11 Å². The number of fused-ring (bicyclic) bond motifs is 3. The molecule has 0 radical (unpaired) electrons. The van der Waals surface area contributed by atoms with Crippen LogP contribution in [0.25, 0.3) is 0 Å². The Morgan fingerprint density at radius 2 is 1.86 bits per heavy atom. The van der Waals surface area contributed by atoms with Crippen molar-refractivity contribution in [3.8, 4) is 0 Å². The average molecular weight is 192 g/mol. The third-order valence-corrected chi connectivity index (χ3v) is 4.57. The Hall–Kier alpha value is -0.300. The second kappa shape index (κ2) is 3.37. The molecule has 1 fully saturated rings. The van der Waals surface area contributed by atoms with E-state index in [1.54, 1.807) is 11.1 Å². The van der Waals surface area contributed by atoms with Gasteiger partial charge in [-0.25, -0.2) is 0 Å². The van der Waals surface area contributed by atoms with E-state index in [9.17, 15) is 5.11 Å². The molecule has 1 nitrogen and oxygen atoms in total. The van der Waals surface area contributed by atoms with Gasteiger partial charge >= 0.3 is 0 Å². The van der Waals surface area contributed by atoms with E-state index in [0.717, 1.165) is 0 Å². The van der Waals surface area contributed by atoms with Crippen LogP contribution in [-0.2, 0) is 0 Å². The summed E-state index contributed by atoms with van der Waals surface area (Å²) in [6.07, 6.45) is 10.5. The molecule has 3 rings (SSSR count). The van der Waals surface area contributed by atoms with Gasteiger partial charge in [0.2, 0.25) is 0 Å². The van der Waals surface area contributed by atoms with Crippen LogP contribution in [-0.4, -0.2) is 11.2 Å². The fourth-order valence-electron chi connectivity index (χ4n) is 3.86. The molecular weight excluding hydrogens is 172 g/mol. The number of rotatable bonds is 0. The van der Waals surface area contributed by atoms with Crippen LogP contribution in [0, 0.1) is 11.8 Å². The average Bonchev–Trinajstić information content (AvgIpc) is 2.18. The van der Waals surface area contributed by atoms with Crippen LogP contribution in [0.5, 0.6) is 0 Å². The fourth-order valence-corrected chi connectivity index (χ4v) is 3.86. The molecule has 1 saturated carbocycles. The molecule has 14 heavy (non-hydrogen) atoms. The molecular formula is C13H20O. The molecule has 0 aromatic rings. The summed E-state index contributed by atoms with van der Waals surface area (Å²) in [6, 6.07) is 0. The van der Waals surface area contributed by atoms with Crippen molar-refractivity contribution in [3.05, 3.63) is 11.1 Å². The Morgan fingerprint density at radius 3 is 2.79 bits per heavy atom. The molecule has 0 spiro atoms. The van der Waals surface area contributed by atoms with Gasteiger partial charge in [-0.1, -0.05) is 17.6 Å². The molecule has 0 aromatic carbocycles. The number of aliphatic hydroxyl groups is 1. The number of aliphatic hydroxyl groups excluding tert-OH is 1. The first kappa shape index (κ1) is 8.96. The van der Waals surface area contributed by atoms with Gasteiger partial charge in [0.15, 0.2) is 0 Å². The number of hydrogen-bond donors (Lipinski definition) is 1. The summed E-state index contributed by atoms with van der Waals surface area (Å²) in [5, 5.41) is 10.2. The van der Waals surface area contributed by atoms with E-state index in [-0.39, 0.29) is 6.10 Å². The third-order valence-electron chi connectivity index (χ3n) is 4.57. The minimum atomic E-state index is 0.0144. The summed E-state index contributed by atoms with van der Waals surface area (Å²) in [5.41, 5.74) is 3.43. The fraction of sp³-hybridized carbons (Fsp3) is 0.846. The van der Waals surface area contributed by atoms with Crippen molar-refractivity contribution in [2.24, 2.45) is 11.8 Å². The zero-order valence-electron chi connectivity index (χ0n) is 8.84. The molecule has 1 heteroatoms. The van der Waals surface area contributed by atoms with Crippen LogP contribution in [0.15, 0.2) is 11.1 Å². The predicted octanol–water partition coefficient (Wildman–Crippen LogP) is 3.04. The lowest BCUT2D eigenvalue weighted by Gasteiger charge is -2.44. The van der Waals surface area contributed by atoms with E-state index in [1.807, 2.05) is 0 Å². The third kappa shape index (κ3) is 1.25. The largest absolute Gasteiger partial charge is 0.392 e. The summed E-state index contributed by atoms with van der Waals surface area (Å²) >= 11 is 0. The molecule has 3 atom stereocenters. The van der Waals surface area contributed by atoms with Crippen molar-refractivity contribution in [2.75, 3.05) is 0 Å². The highest BCUT2D eigenvalue weighted by molar-refractivity contribution is 5.26. The quantitative estimate of drug-likeness (QED) is 0.585. The molecule has 1 N–H and O–H groups in total. The Kier molecular flexibility index (Phi) is 2.16. The van der Waals surface area contributed by atoms with Crippen LogP contribution >= 0.6 is 0 Å². The van der Waals surface area contributed by atoms with Crippen LogP contribution in [0.2, 0.25) is 0 Å². The van der Waals surface area contributed by atoms with E-state index in [1.165, 1.54) is 51.4 Å². The van der Waals surface area contributed by atoms with Crippen molar-refractivity contribution in [3.63, 3.8) is 0 Å². The lowest BCUT2D eigenvalue weighted by atomic mass is 9.64. The summed E-state index contributed by atoms with van der Waals surface area (Å²) in [7, 11) is 0. The molecule has 0 amide bonds. The predicted molar refractivity (Wildman–Crippen MR) is 56.9 cm³/mol. The standard InChI is InChI=1S/C13H20O/c14-13-10-5-3-7-12(13)11-6-2-1-4-9(11)8-10/h10,12-14H,1-8H2/t10-,12-,13-/m0/s1. The van der Waals surface area contributed by atoms with Gasteiger partial charge in [-0.2, -0.15) is 0 Å². The highest BCUT2D eigenvalue weighted by atomic mass is 16.3. The van der Waals surface area contributed by atoms with Crippen molar-refractivity contribution >= 4 is 0 Å². The summed E-state index contributed by atoms with van der Waals surface area (Å²) in [6.45, 7) is 0. The zero-order chi connectivity index (χ0) is 9.54. The van der Waals surface area contributed by atoms with Crippen LogP contribution in [0.4, 0.5) is 0 Å². The van der Waals surface area contributed by atoms with Gasteiger partial charge in [0.05, 0.1) is 6.10 Å². The summed E-state index contributed by atoms with van der Waals surface area (Å²) in [5.74, 6) is 1.18. The monoisotopic (exact) mass is 192 g/mol. The summed E-state index contributed by atoms with van der Waals surface area (Å²) in [4.78, 5) is 0. The molecule has 0 aromatic heterocycles. The van der Waals surface area contributed by atoms with Crippen LogP contribution in [0.3, 0.4) is 0 Å². The van der Waals surface area contributed by atoms with Crippen molar-refractivity contribution in [1.82, 2.24) is 0 Å². The first-order chi connectivity index (χ1) is 6.86. The Balaban J connectivity index is 1.95.